The third kappa shape index (κ3) is 7.64. The molecule has 5 N–H and O–H groups in total. The molecule has 0 radical (unpaired) electrons. The van der Waals surface area contributed by atoms with Crippen LogP contribution in [0.4, 0.5) is 0 Å². The fourth-order valence-corrected chi connectivity index (χ4v) is 4.64. The van der Waals surface area contributed by atoms with Crippen molar-refractivity contribution in [2.45, 2.75) is 58.4 Å². The minimum atomic E-state index is -0.669. The maximum Gasteiger partial charge on any atom is 0.251 e. The van der Waals surface area contributed by atoms with Gasteiger partial charge in [-0.15, -0.1) is 0 Å². The van der Waals surface area contributed by atoms with Gasteiger partial charge in [0, 0.05) is 35.6 Å². The van der Waals surface area contributed by atoms with Crippen molar-refractivity contribution in [1.29, 1.82) is 0 Å². The number of hydrogen-bond donors (Lipinski definition) is 4. The van der Waals surface area contributed by atoms with Gasteiger partial charge in [0.25, 0.3) is 5.91 Å². The van der Waals surface area contributed by atoms with Gasteiger partial charge in [0.2, 0.25) is 5.91 Å². The SMILES string of the molecule is CC(C)Oc1ccc(C(=O)N[C@H](CNC(=O)[C@@H](C)N)Cc2ccc(-c3cn4cccc(C(C)O)c4n3)cc2)cc1Cl. The zero-order chi connectivity index (χ0) is 29.7. The van der Waals surface area contributed by atoms with Crippen LogP contribution in [0.5, 0.6) is 5.75 Å². The van der Waals surface area contributed by atoms with Crippen LogP contribution in [0.1, 0.15) is 55.3 Å². The molecule has 3 atom stereocenters. The highest BCUT2D eigenvalue weighted by Crippen LogP contribution is 2.27. The van der Waals surface area contributed by atoms with Crippen molar-refractivity contribution >= 4 is 29.1 Å². The van der Waals surface area contributed by atoms with E-state index in [1.54, 1.807) is 32.0 Å². The smallest absolute Gasteiger partial charge is 0.251 e. The van der Waals surface area contributed by atoms with E-state index in [9.17, 15) is 14.7 Å². The summed E-state index contributed by atoms with van der Waals surface area (Å²) in [7, 11) is 0. The molecule has 10 heteroatoms. The van der Waals surface area contributed by atoms with Crippen LogP contribution < -0.4 is 21.1 Å². The van der Waals surface area contributed by atoms with Gasteiger partial charge in [-0.05, 0) is 63.9 Å². The number of ether oxygens (including phenoxy) is 1. The first-order valence-electron chi connectivity index (χ1n) is 13.6. The minimum absolute atomic E-state index is 0.0501. The first kappa shape index (κ1) is 30.0. The molecule has 0 aliphatic rings. The van der Waals surface area contributed by atoms with Crippen LogP contribution in [0.15, 0.2) is 67.0 Å². The van der Waals surface area contributed by atoms with Crippen molar-refractivity contribution in [3.05, 3.63) is 88.7 Å². The van der Waals surface area contributed by atoms with Gasteiger partial charge in [-0.25, -0.2) is 4.98 Å². The lowest BCUT2D eigenvalue weighted by Gasteiger charge is -2.21. The number of benzene rings is 2. The molecule has 216 valence electrons. The number of aliphatic hydroxyl groups excluding tert-OH is 1. The van der Waals surface area contributed by atoms with Gasteiger partial charge in [-0.1, -0.05) is 41.9 Å². The normalized spacial score (nSPS) is 13.6. The van der Waals surface area contributed by atoms with Gasteiger partial charge in [0.05, 0.1) is 35.0 Å². The van der Waals surface area contributed by atoms with E-state index in [0.717, 1.165) is 22.4 Å². The lowest BCUT2D eigenvalue weighted by Crippen LogP contribution is -2.48. The Hall–Kier alpha value is -3.92. The molecule has 0 aliphatic heterocycles. The highest BCUT2D eigenvalue weighted by molar-refractivity contribution is 6.32. The van der Waals surface area contributed by atoms with E-state index in [4.69, 9.17) is 27.1 Å². The van der Waals surface area contributed by atoms with Crippen LogP contribution in [-0.2, 0) is 11.2 Å². The number of carbonyl (C=O) groups is 2. The molecule has 1 unspecified atom stereocenters. The van der Waals surface area contributed by atoms with E-state index in [1.807, 2.05) is 67.0 Å². The molecular weight excluding hydrogens is 542 g/mol. The summed E-state index contributed by atoms with van der Waals surface area (Å²) in [5.74, 6) is -0.119. The summed E-state index contributed by atoms with van der Waals surface area (Å²) in [4.78, 5) is 30.0. The number of pyridine rings is 1. The number of aliphatic hydroxyl groups is 1. The second-order valence-corrected chi connectivity index (χ2v) is 10.8. The third-order valence-corrected chi connectivity index (χ3v) is 6.82. The topological polar surface area (TPSA) is 131 Å². The fraction of sp³-hybridized carbons (Fsp3) is 0.323. The third-order valence-electron chi connectivity index (χ3n) is 6.52. The maximum absolute atomic E-state index is 13.1. The van der Waals surface area contributed by atoms with Crippen molar-refractivity contribution in [2.24, 2.45) is 5.73 Å². The Morgan fingerprint density at radius 3 is 2.46 bits per heavy atom. The van der Waals surface area contributed by atoms with Crippen LogP contribution in [0.25, 0.3) is 16.9 Å². The number of carbonyl (C=O) groups excluding carboxylic acids is 2. The van der Waals surface area contributed by atoms with E-state index >= 15 is 0 Å². The largest absolute Gasteiger partial charge is 0.489 e. The van der Waals surface area contributed by atoms with Crippen molar-refractivity contribution in [1.82, 2.24) is 20.0 Å². The molecular formula is C31H36ClN5O4. The van der Waals surface area contributed by atoms with Crippen molar-refractivity contribution in [3.8, 4) is 17.0 Å². The monoisotopic (exact) mass is 577 g/mol. The molecule has 0 fully saturated rings. The number of amides is 2. The quantitative estimate of drug-likeness (QED) is 0.210. The zero-order valence-corrected chi connectivity index (χ0v) is 24.4. The van der Waals surface area contributed by atoms with Crippen LogP contribution in [0.2, 0.25) is 5.02 Å². The summed E-state index contributed by atoms with van der Waals surface area (Å²) in [5, 5.41) is 16.3. The van der Waals surface area contributed by atoms with Crippen LogP contribution in [0.3, 0.4) is 0 Å². The molecule has 0 saturated carbocycles. The molecule has 0 aliphatic carbocycles. The average Bonchev–Trinajstić information content (AvgIpc) is 3.37. The Bertz CT molecular complexity index is 1510. The number of halogens is 1. The zero-order valence-electron chi connectivity index (χ0n) is 23.6. The predicted octanol–water partition coefficient (Wildman–Crippen LogP) is 4.30. The van der Waals surface area contributed by atoms with Crippen LogP contribution in [-0.4, -0.2) is 51.0 Å². The standard InChI is InChI=1S/C31H36ClN5O4/c1-18(2)41-28-12-11-23(15-26(28)32)31(40)35-24(16-34-30(39)19(3)33)14-21-7-9-22(10-8-21)27-17-37-13-5-6-25(20(4)38)29(37)36-27/h5-13,15,17-20,24,38H,14,16,33H2,1-4H3,(H,34,39)(H,35,40)/t19-,20?,24+/m1/s1. The molecule has 0 spiro atoms. The number of imidazole rings is 1. The Balaban J connectivity index is 1.51. The van der Waals surface area contributed by atoms with Crippen LogP contribution in [0, 0.1) is 0 Å². The summed E-state index contributed by atoms with van der Waals surface area (Å²) in [6.45, 7) is 7.32. The van der Waals surface area contributed by atoms with E-state index in [-0.39, 0.29) is 24.5 Å². The molecule has 2 amide bonds. The van der Waals surface area contributed by atoms with Gasteiger partial charge < -0.3 is 30.6 Å². The molecule has 2 heterocycles. The summed E-state index contributed by atoms with van der Waals surface area (Å²) < 4.78 is 7.56. The lowest BCUT2D eigenvalue weighted by molar-refractivity contribution is -0.122. The van der Waals surface area contributed by atoms with Crippen molar-refractivity contribution in [2.75, 3.05) is 6.54 Å². The van der Waals surface area contributed by atoms with Gasteiger partial charge in [0.15, 0.2) is 0 Å². The van der Waals surface area contributed by atoms with E-state index in [0.29, 0.717) is 28.4 Å². The summed E-state index contributed by atoms with van der Waals surface area (Å²) >= 11 is 6.34. The molecule has 0 saturated heterocycles. The summed E-state index contributed by atoms with van der Waals surface area (Å²) in [6.07, 6.45) is 3.60. The van der Waals surface area contributed by atoms with Gasteiger partial charge in [-0.3, -0.25) is 9.59 Å². The average molecular weight is 578 g/mol. The molecule has 2 aromatic heterocycles. The Kier molecular flexibility index (Phi) is 9.65. The fourth-order valence-electron chi connectivity index (χ4n) is 4.42. The van der Waals surface area contributed by atoms with Crippen molar-refractivity contribution in [3.63, 3.8) is 0 Å². The Morgan fingerprint density at radius 1 is 1.10 bits per heavy atom. The van der Waals surface area contributed by atoms with Gasteiger partial charge >= 0.3 is 0 Å². The Labute approximate surface area is 244 Å². The molecule has 41 heavy (non-hydrogen) atoms. The van der Waals surface area contributed by atoms with Gasteiger partial charge in [0.1, 0.15) is 11.4 Å². The highest BCUT2D eigenvalue weighted by Gasteiger charge is 2.19. The number of nitrogens with two attached hydrogens (primary N) is 1. The minimum Gasteiger partial charge on any atom is -0.489 e. The van der Waals surface area contributed by atoms with E-state index in [2.05, 4.69) is 10.6 Å². The van der Waals surface area contributed by atoms with Gasteiger partial charge in [-0.2, -0.15) is 0 Å². The molecule has 9 nitrogen and oxygen atoms in total. The summed E-state index contributed by atoms with van der Waals surface area (Å²) in [5.41, 5.74) is 10.2. The molecule has 4 aromatic rings. The molecule has 0 bridgehead atoms. The maximum atomic E-state index is 13.1. The first-order chi connectivity index (χ1) is 19.5. The van der Waals surface area contributed by atoms with E-state index < -0.39 is 18.2 Å². The Morgan fingerprint density at radius 2 is 1.83 bits per heavy atom. The van der Waals surface area contributed by atoms with Crippen molar-refractivity contribution < 1.29 is 19.4 Å². The second kappa shape index (κ2) is 13.2. The molecule has 2 aromatic carbocycles. The number of aromatic nitrogens is 2. The second-order valence-electron chi connectivity index (χ2n) is 10.4. The molecule has 4 rings (SSSR count). The lowest BCUT2D eigenvalue weighted by atomic mass is 10.0. The summed E-state index contributed by atoms with van der Waals surface area (Å²) in [6, 6.07) is 15.4. The number of hydrogen-bond acceptors (Lipinski definition) is 6. The van der Waals surface area contributed by atoms with E-state index in [1.165, 1.54) is 0 Å². The first-order valence-corrected chi connectivity index (χ1v) is 13.9. The highest BCUT2D eigenvalue weighted by atomic mass is 35.5. The number of rotatable bonds is 11. The number of fused-ring (bicyclic) bond motifs is 1. The van der Waals surface area contributed by atoms with Crippen LogP contribution >= 0.6 is 11.6 Å². The number of nitrogens with one attached hydrogen (secondary N) is 2. The number of nitrogens with zero attached hydrogens (tertiary/aromatic N) is 2. The predicted molar refractivity (Wildman–Crippen MR) is 160 cm³/mol.